The largest absolute Gasteiger partial charge is 0.299 e. The Morgan fingerprint density at radius 2 is 2.56 bits per heavy atom. The second-order valence-corrected chi connectivity index (χ2v) is 3.37. The smallest absolute Gasteiger partial charge is 0.143 e. The van der Waals surface area contributed by atoms with E-state index in [0.29, 0.717) is 11.7 Å². The fourth-order valence-corrected chi connectivity index (χ4v) is 1.85. The first kappa shape index (κ1) is 5.21. The number of fused-ring (bicyclic) bond motifs is 2. The summed E-state index contributed by atoms with van der Waals surface area (Å²) in [5.41, 5.74) is -0.0509. The van der Waals surface area contributed by atoms with E-state index in [1.807, 2.05) is 6.92 Å². The number of hydrogen-bond acceptors (Lipinski definition) is 1. The van der Waals surface area contributed by atoms with Crippen LogP contribution >= 0.6 is 0 Å². The first-order chi connectivity index (χ1) is 4.21. The first-order valence-electron chi connectivity index (χ1n) is 3.43. The van der Waals surface area contributed by atoms with Crippen LogP contribution in [0.3, 0.4) is 0 Å². The van der Waals surface area contributed by atoms with Gasteiger partial charge in [-0.25, -0.2) is 0 Å². The zero-order valence-corrected chi connectivity index (χ0v) is 5.55. The molecule has 1 heteroatoms. The molecule has 1 nitrogen and oxygen atoms in total. The molecule has 2 aliphatic rings. The fraction of sp³-hybridized carbons (Fsp3) is 0.625. The van der Waals surface area contributed by atoms with Crippen molar-refractivity contribution in [2.24, 2.45) is 11.3 Å². The molecule has 0 aliphatic heterocycles. The van der Waals surface area contributed by atoms with Crippen LogP contribution in [0.5, 0.6) is 0 Å². The van der Waals surface area contributed by atoms with Crippen LogP contribution in [0.4, 0.5) is 0 Å². The molecule has 0 spiro atoms. The lowest BCUT2D eigenvalue weighted by atomic mass is 9.90. The Labute approximate surface area is 54.8 Å². The number of carbonyl (C=O) groups is 1. The third-order valence-corrected chi connectivity index (χ3v) is 2.51. The maximum Gasteiger partial charge on any atom is 0.143 e. The van der Waals surface area contributed by atoms with Crippen molar-refractivity contribution < 1.29 is 4.79 Å². The van der Waals surface area contributed by atoms with Crippen LogP contribution in [-0.4, -0.2) is 5.78 Å². The lowest BCUT2D eigenvalue weighted by Gasteiger charge is -2.12. The van der Waals surface area contributed by atoms with Gasteiger partial charge in [0, 0.05) is 11.8 Å². The Morgan fingerprint density at radius 3 is 2.78 bits per heavy atom. The minimum Gasteiger partial charge on any atom is -0.299 e. The Kier molecular flexibility index (Phi) is 0.743. The van der Waals surface area contributed by atoms with Crippen LogP contribution in [0.2, 0.25) is 0 Å². The van der Waals surface area contributed by atoms with Crippen LogP contribution < -0.4 is 0 Å². The summed E-state index contributed by atoms with van der Waals surface area (Å²) in [5.74, 6) is 1.03. The quantitative estimate of drug-likeness (QED) is 0.445. The van der Waals surface area contributed by atoms with Gasteiger partial charge in [-0.3, -0.25) is 4.79 Å². The van der Waals surface area contributed by atoms with E-state index in [0.717, 1.165) is 12.8 Å². The third kappa shape index (κ3) is 0.521. The molecule has 1 fully saturated rings. The monoisotopic (exact) mass is 122 g/mol. The van der Waals surface area contributed by atoms with E-state index in [9.17, 15) is 4.79 Å². The Balaban J connectivity index is 2.44. The first-order valence-corrected chi connectivity index (χ1v) is 3.43. The van der Waals surface area contributed by atoms with Crippen molar-refractivity contribution in [1.82, 2.24) is 0 Å². The van der Waals surface area contributed by atoms with E-state index in [1.54, 1.807) is 0 Å². The van der Waals surface area contributed by atoms with Gasteiger partial charge in [0.1, 0.15) is 5.78 Å². The highest BCUT2D eigenvalue weighted by Gasteiger charge is 2.43. The van der Waals surface area contributed by atoms with E-state index < -0.39 is 0 Å². The Hall–Kier alpha value is -0.590. The predicted molar refractivity (Wildman–Crippen MR) is 35.0 cm³/mol. The number of hydrogen-bond donors (Lipinski definition) is 0. The van der Waals surface area contributed by atoms with Crippen LogP contribution in [0.15, 0.2) is 12.2 Å². The standard InChI is InChI=1S/C8H10O/c1-8-3-2-6(5-8)4-7(8)9/h2-3,6H,4-5H2,1H3/t6-,8+/m1/s1. The summed E-state index contributed by atoms with van der Waals surface area (Å²) in [6.45, 7) is 2.04. The molecule has 0 aromatic rings. The maximum atomic E-state index is 11.1. The van der Waals surface area contributed by atoms with Crippen LogP contribution in [0.1, 0.15) is 19.8 Å². The van der Waals surface area contributed by atoms with Gasteiger partial charge < -0.3 is 0 Å². The van der Waals surface area contributed by atoms with Gasteiger partial charge in [0.05, 0.1) is 0 Å². The van der Waals surface area contributed by atoms with E-state index in [-0.39, 0.29) is 5.41 Å². The topological polar surface area (TPSA) is 17.1 Å². The molecule has 48 valence electrons. The average Bonchev–Trinajstić information content (AvgIpc) is 2.22. The zero-order valence-electron chi connectivity index (χ0n) is 5.55. The van der Waals surface area contributed by atoms with Crippen molar-refractivity contribution in [3.05, 3.63) is 12.2 Å². The summed E-state index contributed by atoms with van der Waals surface area (Å²) in [5, 5.41) is 0. The Bertz CT molecular complexity index is 193. The van der Waals surface area contributed by atoms with Crippen molar-refractivity contribution in [2.45, 2.75) is 19.8 Å². The molecule has 2 rings (SSSR count). The molecule has 1 saturated carbocycles. The van der Waals surface area contributed by atoms with E-state index in [4.69, 9.17) is 0 Å². The SMILES string of the molecule is C[C@@]12C=C[C@H](CC1=O)C2. The maximum absolute atomic E-state index is 11.1. The van der Waals surface area contributed by atoms with Crippen molar-refractivity contribution in [1.29, 1.82) is 0 Å². The molecule has 0 heterocycles. The van der Waals surface area contributed by atoms with Gasteiger partial charge in [0.15, 0.2) is 0 Å². The minimum atomic E-state index is -0.0509. The summed E-state index contributed by atoms with van der Waals surface area (Å²) in [6.07, 6.45) is 6.13. The molecule has 2 aliphatic carbocycles. The van der Waals surface area contributed by atoms with Gasteiger partial charge in [-0.2, -0.15) is 0 Å². The second kappa shape index (κ2) is 1.28. The zero-order chi connectivity index (χ0) is 6.48. The molecule has 0 radical (unpaired) electrons. The van der Waals surface area contributed by atoms with Crippen LogP contribution in [0.25, 0.3) is 0 Å². The lowest BCUT2D eigenvalue weighted by Crippen LogP contribution is -2.17. The van der Waals surface area contributed by atoms with Gasteiger partial charge in [0.2, 0.25) is 0 Å². The van der Waals surface area contributed by atoms with Crippen LogP contribution in [-0.2, 0) is 4.79 Å². The summed E-state index contributed by atoms with van der Waals surface area (Å²) in [7, 11) is 0. The summed E-state index contributed by atoms with van der Waals surface area (Å²) in [6, 6.07) is 0. The molecule has 0 aromatic heterocycles. The van der Waals surface area contributed by atoms with Crippen LogP contribution in [0, 0.1) is 11.3 Å². The van der Waals surface area contributed by atoms with Gasteiger partial charge in [-0.1, -0.05) is 12.2 Å². The molecule has 0 unspecified atom stereocenters. The molecule has 2 bridgehead atoms. The fourth-order valence-electron chi connectivity index (χ4n) is 1.85. The molecule has 0 saturated heterocycles. The van der Waals surface area contributed by atoms with Gasteiger partial charge in [-0.15, -0.1) is 0 Å². The number of carbonyl (C=O) groups excluding carboxylic acids is 1. The molecule has 0 amide bonds. The highest BCUT2D eigenvalue weighted by atomic mass is 16.1. The normalized spacial score (nSPS) is 46.8. The van der Waals surface area contributed by atoms with Crippen molar-refractivity contribution in [2.75, 3.05) is 0 Å². The molecule has 0 N–H and O–H groups in total. The van der Waals surface area contributed by atoms with Gasteiger partial charge >= 0.3 is 0 Å². The highest BCUT2D eigenvalue weighted by Crippen LogP contribution is 2.45. The molecule has 9 heavy (non-hydrogen) atoms. The molecular formula is C8H10O. The minimum absolute atomic E-state index is 0.0509. The van der Waals surface area contributed by atoms with Crippen molar-refractivity contribution in [3.63, 3.8) is 0 Å². The van der Waals surface area contributed by atoms with Gasteiger partial charge in [-0.05, 0) is 19.3 Å². The molecule has 0 aromatic carbocycles. The highest BCUT2D eigenvalue weighted by molar-refractivity contribution is 5.90. The average molecular weight is 122 g/mol. The number of rotatable bonds is 0. The second-order valence-electron chi connectivity index (χ2n) is 3.37. The molecule has 2 atom stereocenters. The number of allylic oxidation sites excluding steroid dienone is 2. The van der Waals surface area contributed by atoms with E-state index in [2.05, 4.69) is 12.2 Å². The summed E-state index contributed by atoms with van der Waals surface area (Å²) >= 11 is 0. The number of ketones is 1. The summed E-state index contributed by atoms with van der Waals surface area (Å²) in [4.78, 5) is 11.1. The third-order valence-electron chi connectivity index (χ3n) is 2.51. The van der Waals surface area contributed by atoms with Gasteiger partial charge in [0.25, 0.3) is 0 Å². The van der Waals surface area contributed by atoms with Crippen molar-refractivity contribution in [3.8, 4) is 0 Å². The lowest BCUT2D eigenvalue weighted by molar-refractivity contribution is -0.123. The van der Waals surface area contributed by atoms with E-state index in [1.165, 1.54) is 0 Å². The summed E-state index contributed by atoms with van der Waals surface area (Å²) < 4.78 is 0. The number of Topliss-reactive ketones (excluding diaryl/α,β-unsaturated/α-hetero) is 1. The molecular weight excluding hydrogens is 112 g/mol. The van der Waals surface area contributed by atoms with E-state index >= 15 is 0 Å². The predicted octanol–water partition coefficient (Wildman–Crippen LogP) is 1.54. The van der Waals surface area contributed by atoms with Crippen molar-refractivity contribution >= 4 is 5.78 Å². The Morgan fingerprint density at radius 1 is 1.78 bits per heavy atom.